The lowest BCUT2D eigenvalue weighted by Crippen LogP contribution is -2.35. The van der Waals surface area contributed by atoms with Crippen molar-refractivity contribution in [2.45, 2.75) is 72.3 Å². The van der Waals surface area contributed by atoms with E-state index in [-0.39, 0.29) is 11.5 Å². The predicted molar refractivity (Wildman–Crippen MR) is 114 cm³/mol. The molecule has 1 aromatic carbocycles. The molecule has 1 heterocycles. The fraction of sp³-hybridized carbons (Fsp3) is 0.591. The van der Waals surface area contributed by atoms with Gasteiger partial charge in [0, 0.05) is 18.7 Å². The Morgan fingerprint density at radius 2 is 1.86 bits per heavy atom. The average molecular weight is 388 g/mol. The Labute approximate surface area is 166 Å². The van der Waals surface area contributed by atoms with Gasteiger partial charge in [0.25, 0.3) is 11.5 Å². The minimum absolute atomic E-state index is 0.176. The number of carbonyl (C=O) groups excluding carboxylic acids is 1. The molecule has 0 fully saturated rings. The number of hydrogen-bond acceptors (Lipinski definition) is 3. The number of carbonyl (C=O) groups is 1. The van der Waals surface area contributed by atoms with Gasteiger partial charge in [0.05, 0.1) is 10.9 Å². The first kappa shape index (κ1) is 21.9. The first-order valence-electron chi connectivity index (χ1n) is 10.6. The Balaban J connectivity index is 2.17. The van der Waals surface area contributed by atoms with Gasteiger partial charge >= 0.3 is 5.69 Å². The van der Waals surface area contributed by atoms with E-state index in [1.807, 2.05) is 0 Å². The quantitative estimate of drug-likeness (QED) is 0.575. The van der Waals surface area contributed by atoms with Crippen LogP contribution in [-0.2, 0) is 6.54 Å². The monoisotopic (exact) mass is 387 g/mol. The molecule has 2 aromatic rings. The van der Waals surface area contributed by atoms with E-state index >= 15 is 0 Å². The van der Waals surface area contributed by atoms with Gasteiger partial charge in [-0.05, 0) is 37.0 Å². The SMILES string of the molecule is CCCCCn1c(=O)[nH]c2cc(C(=O)NC[C@@H](CC)CCCC)ccc2c1=O. The van der Waals surface area contributed by atoms with Gasteiger partial charge in [0.2, 0.25) is 0 Å². The summed E-state index contributed by atoms with van der Waals surface area (Å²) in [6.45, 7) is 7.43. The zero-order chi connectivity index (χ0) is 20.5. The third-order valence-corrected chi connectivity index (χ3v) is 5.32. The van der Waals surface area contributed by atoms with E-state index in [1.54, 1.807) is 18.2 Å². The lowest BCUT2D eigenvalue weighted by molar-refractivity contribution is 0.0946. The highest BCUT2D eigenvalue weighted by Crippen LogP contribution is 2.13. The number of hydrogen-bond donors (Lipinski definition) is 2. The molecule has 0 aliphatic rings. The van der Waals surface area contributed by atoms with E-state index < -0.39 is 5.69 Å². The molecule has 0 bridgehead atoms. The Morgan fingerprint density at radius 1 is 1.11 bits per heavy atom. The number of unbranched alkanes of at least 4 members (excludes halogenated alkanes) is 3. The average Bonchev–Trinajstić information content (AvgIpc) is 2.70. The van der Waals surface area contributed by atoms with Gasteiger partial charge < -0.3 is 10.3 Å². The van der Waals surface area contributed by atoms with Gasteiger partial charge in [-0.1, -0.05) is 52.9 Å². The summed E-state index contributed by atoms with van der Waals surface area (Å²) in [4.78, 5) is 40.2. The summed E-state index contributed by atoms with van der Waals surface area (Å²) in [5.74, 6) is 0.296. The number of nitrogens with zero attached hydrogens (tertiary/aromatic N) is 1. The normalized spacial score (nSPS) is 12.2. The van der Waals surface area contributed by atoms with Crippen LogP contribution in [0.1, 0.15) is 76.1 Å². The third kappa shape index (κ3) is 5.57. The second kappa shape index (κ2) is 10.8. The van der Waals surface area contributed by atoms with Crippen LogP contribution >= 0.6 is 0 Å². The van der Waals surface area contributed by atoms with Crippen molar-refractivity contribution in [3.8, 4) is 0 Å². The maximum atomic E-state index is 12.6. The summed E-state index contributed by atoms with van der Waals surface area (Å²) in [6.07, 6.45) is 7.24. The van der Waals surface area contributed by atoms with Crippen molar-refractivity contribution in [3.63, 3.8) is 0 Å². The molecule has 6 heteroatoms. The van der Waals surface area contributed by atoms with E-state index in [4.69, 9.17) is 0 Å². The number of nitrogens with one attached hydrogen (secondary N) is 2. The Morgan fingerprint density at radius 3 is 2.54 bits per heavy atom. The molecule has 1 aromatic heterocycles. The van der Waals surface area contributed by atoms with Crippen molar-refractivity contribution in [2.75, 3.05) is 6.54 Å². The second-order valence-corrected chi connectivity index (χ2v) is 7.48. The largest absolute Gasteiger partial charge is 0.352 e. The molecule has 6 nitrogen and oxygen atoms in total. The lowest BCUT2D eigenvalue weighted by Gasteiger charge is -2.15. The molecule has 0 aliphatic heterocycles. The lowest BCUT2D eigenvalue weighted by atomic mass is 9.99. The molecule has 2 N–H and O–H groups in total. The standard InChI is InChI=1S/C22H33N3O3/c1-4-7-9-13-25-21(27)18-12-11-17(14-19(18)24-22(25)28)20(26)23-15-16(6-3)10-8-5-2/h11-12,14,16H,4-10,13,15H2,1-3H3,(H,23,26)(H,24,28)/t16-/m0/s1. The first-order chi connectivity index (χ1) is 13.5. The Hall–Kier alpha value is -2.37. The van der Waals surface area contributed by atoms with E-state index in [0.717, 1.165) is 44.9 Å². The maximum absolute atomic E-state index is 12.6. The molecule has 0 radical (unpaired) electrons. The van der Waals surface area contributed by atoms with Gasteiger partial charge in [-0.15, -0.1) is 0 Å². The molecule has 28 heavy (non-hydrogen) atoms. The van der Waals surface area contributed by atoms with Gasteiger partial charge in [0.1, 0.15) is 0 Å². The molecular weight excluding hydrogens is 354 g/mol. The molecule has 1 atom stereocenters. The molecule has 0 aliphatic carbocycles. The van der Waals surface area contributed by atoms with Crippen LogP contribution in [0, 0.1) is 5.92 Å². The van der Waals surface area contributed by atoms with Crippen LogP contribution in [0.15, 0.2) is 27.8 Å². The minimum Gasteiger partial charge on any atom is -0.352 e. The summed E-state index contributed by atoms with van der Waals surface area (Å²) in [7, 11) is 0. The molecule has 0 spiro atoms. The highest BCUT2D eigenvalue weighted by Gasteiger charge is 2.13. The number of aromatic nitrogens is 2. The smallest absolute Gasteiger partial charge is 0.328 e. The highest BCUT2D eigenvalue weighted by atomic mass is 16.2. The van der Waals surface area contributed by atoms with Gasteiger partial charge in [-0.2, -0.15) is 0 Å². The van der Waals surface area contributed by atoms with Crippen LogP contribution in [0.2, 0.25) is 0 Å². The first-order valence-corrected chi connectivity index (χ1v) is 10.6. The molecule has 1 amide bonds. The summed E-state index contributed by atoms with van der Waals surface area (Å²) in [5, 5.41) is 3.42. The molecule has 0 saturated carbocycles. The van der Waals surface area contributed by atoms with Crippen LogP contribution in [0.5, 0.6) is 0 Å². The fourth-order valence-electron chi connectivity index (χ4n) is 3.40. The number of fused-ring (bicyclic) bond motifs is 1. The number of rotatable bonds is 11. The number of amides is 1. The molecule has 0 saturated heterocycles. The zero-order valence-electron chi connectivity index (χ0n) is 17.3. The van der Waals surface area contributed by atoms with Crippen molar-refractivity contribution in [3.05, 3.63) is 44.6 Å². The van der Waals surface area contributed by atoms with Gasteiger partial charge in [0.15, 0.2) is 0 Å². The van der Waals surface area contributed by atoms with E-state index in [2.05, 4.69) is 31.1 Å². The van der Waals surface area contributed by atoms with Crippen molar-refractivity contribution in [1.82, 2.24) is 14.9 Å². The highest BCUT2D eigenvalue weighted by molar-refractivity contribution is 5.97. The van der Waals surface area contributed by atoms with Crippen molar-refractivity contribution < 1.29 is 4.79 Å². The Bertz CT molecular complexity index is 898. The summed E-state index contributed by atoms with van der Waals surface area (Å²) >= 11 is 0. The summed E-state index contributed by atoms with van der Waals surface area (Å²) < 4.78 is 1.25. The molecular formula is C22H33N3O3. The van der Waals surface area contributed by atoms with Crippen LogP contribution < -0.4 is 16.6 Å². The second-order valence-electron chi connectivity index (χ2n) is 7.48. The number of H-pyrrole nitrogens is 1. The maximum Gasteiger partial charge on any atom is 0.328 e. The van der Waals surface area contributed by atoms with Crippen molar-refractivity contribution in [2.24, 2.45) is 5.92 Å². The van der Waals surface area contributed by atoms with Crippen LogP contribution in [0.4, 0.5) is 0 Å². The van der Waals surface area contributed by atoms with E-state index in [1.165, 1.54) is 4.57 Å². The van der Waals surface area contributed by atoms with Crippen LogP contribution in [-0.4, -0.2) is 22.0 Å². The van der Waals surface area contributed by atoms with Gasteiger partial charge in [-0.3, -0.25) is 14.2 Å². The number of aromatic amines is 1. The fourth-order valence-corrected chi connectivity index (χ4v) is 3.40. The van der Waals surface area contributed by atoms with Gasteiger partial charge in [-0.25, -0.2) is 4.79 Å². The minimum atomic E-state index is -0.420. The molecule has 2 rings (SSSR count). The molecule has 0 unspecified atom stereocenters. The topological polar surface area (TPSA) is 84.0 Å². The predicted octanol–water partition coefficient (Wildman–Crippen LogP) is 3.83. The number of benzene rings is 1. The van der Waals surface area contributed by atoms with Crippen LogP contribution in [0.3, 0.4) is 0 Å². The van der Waals surface area contributed by atoms with E-state index in [9.17, 15) is 14.4 Å². The molecule has 154 valence electrons. The third-order valence-electron chi connectivity index (χ3n) is 5.32. The van der Waals surface area contributed by atoms with E-state index in [0.29, 0.717) is 35.5 Å². The van der Waals surface area contributed by atoms with Crippen LogP contribution in [0.25, 0.3) is 10.9 Å². The zero-order valence-corrected chi connectivity index (χ0v) is 17.3. The summed E-state index contributed by atoms with van der Waals surface area (Å²) in [5.41, 5.74) is 0.147. The summed E-state index contributed by atoms with van der Waals surface area (Å²) in [6, 6.07) is 4.88. The van der Waals surface area contributed by atoms with Crippen molar-refractivity contribution in [1.29, 1.82) is 0 Å². The Kier molecular flexibility index (Phi) is 8.48. The van der Waals surface area contributed by atoms with Crippen molar-refractivity contribution >= 4 is 16.8 Å².